The van der Waals surface area contributed by atoms with Gasteiger partial charge >= 0.3 is 0 Å². The molecule has 9 heteroatoms. The van der Waals surface area contributed by atoms with Crippen LogP contribution in [-0.4, -0.2) is 37.1 Å². The quantitative estimate of drug-likeness (QED) is 0.410. The second-order valence-corrected chi connectivity index (χ2v) is 7.93. The standard InChI is InChI=1S/C22H20BrN3O5/c23-16-3-1-15(2-4-16)21-8-6-18(31-21)14-24-22(27)19-13-17(26(28)29)5-7-20(19)25-9-11-30-12-10-25/h1-8,13H,9-12,14H2,(H,24,27). The summed E-state index contributed by atoms with van der Waals surface area (Å²) >= 11 is 3.40. The lowest BCUT2D eigenvalue weighted by molar-refractivity contribution is -0.384. The van der Waals surface area contributed by atoms with Crippen LogP contribution in [0, 0.1) is 10.1 Å². The molecule has 0 unspecified atom stereocenters. The number of morpholine rings is 1. The van der Waals surface area contributed by atoms with Crippen molar-refractivity contribution in [1.29, 1.82) is 0 Å². The summed E-state index contributed by atoms with van der Waals surface area (Å²) in [4.78, 5) is 25.7. The minimum atomic E-state index is -0.503. The first-order valence-electron chi connectivity index (χ1n) is 9.75. The average molecular weight is 486 g/mol. The number of benzene rings is 2. The zero-order valence-corrected chi connectivity index (χ0v) is 18.1. The lowest BCUT2D eigenvalue weighted by Gasteiger charge is -2.30. The molecule has 2 aromatic carbocycles. The molecule has 1 saturated heterocycles. The molecule has 4 rings (SSSR count). The molecule has 0 saturated carbocycles. The van der Waals surface area contributed by atoms with E-state index in [9.17, 15) is 14.9 Å². The lowest BCUT2D eigenvalue weighted by atomic mass is 10.1. The van der Waals surface area contributed by atoms with Crippen molar-refractivity contribution in [2.45, 2.75) is 6.54 Å². The summed E-state index contributed by atoms with van der Waals surface area (Å²) in [7, 11) is 0. The second kappa shape index (κ2) is 9.32. The maximum absolute atomic E-state index is 12.9. The normalized spacial score (nSPS) is 13.8. The first-order chi connectivity index (χ1) is 15.0. The van der Waals surface area contributed by atoms with Crippen molar-refractivity contribution in [3.05, 3.63) is 80.5 Å². The van der Waals surface area contributed by atoms with E-state index in [1.807, 2.05) is 35.2 Å². The molecular weight excluding hydrogens is 466 g/mol. The van der Waals surface area contributed by atoms with Gasteiger partial charge in [0.15, 0.2) is 0 Å². The van der Waals surface area contributed by atoms with Gasteiger partial charge in [-0.2, -0.15) is 0 Å². The highest BCUT2D eigenvalue weighted by molar-refractivity contribution is 9.10. The highest BCUT2D eigenvalue weighted by Gasteiger charge is 2.22. The van der Waals surface area contributed by atoms with Gasteiger partial charge in [0, 0.05) is 35.3 Å². The number of non-ortho nitro benzene ring substituents is 1. The number of rotatable bonds is 6. The third kappa shape index (κ3) is 4.95. The zero-order chi connectivity index (χ0) is 21.8. The van der Waals surface area contributed by atoms with E-state index in [0.717, 1.165) is 10.0 Å². The number of furan rings is 1. The molecule has 1 N–H and O–H groups in total. The Morgan fingerprint density at radius 2 is 1.84 bits per heavy atom. The largest absolute Gasteiger partial charge is 0.459 e. The van der Waals surface area contributed by atoms with Gasteiger partial charge in [-0.25, -0.2) is 0 Å². The number of hydrogen-bond acceptors (Lipinski definition) is 6. The number of carbonyl (C=O) groups is 1. The van der Waals surface area contributed by atoms with Crippen LogP contribution in [0.25, 0.3) is 11.3 Å². The third-order valence-corrected chi connectivity index (χ3v) is 5.53. The van der Waals surface area contributed by atoms with Crippen molar-refractivity contribution >= 4 is 33.2 Å². The fourth-order valence-electron chi connectivity index (χ4n) is 3.40. The molecule has 1 fully saturated rings. The lowest BCUT2D eigenvalue weighted by Crippen LogP contribution is -2.38. The molecule has 0 atom stereocenters. The number of anilines is 1. The van der Waals surface area contributed by atoms with Crippen molar-refractivity contribution in [3.63, 3.8) is 0 Å². The number of nitro benzene ring substituents is 1. The van der Waals surface area contributed by atoms with Crippen LogP contribution in [0.4, 0.5) is 11.4 Å². The number of nitrogens with one attached hydrogen (secondary N) is 1. The number of carbonyl (C=O) groups excluding carboxylic acids is 1. The minimum absolute atomic E-state index is 0.127. The van der Waals surface area contributed by atoms with E-state index >= 15 is 0 Å². The van der Waals surface area contributed by atoms with E-state index in [4.69, 9.17) is 9.15 Å². The van der Waals surface area contributed by atoms with Crippen molar-refractivity contribution in [2.75, 3.05) is 31.2 Å². The maximum Gasteiger partial charge on any atom is 0.270 e. The Hall–Kier alpha value is -3.17. The number of nitro groups is 1. The highest BCUT2D eigenvalue weighted by atomic mass is 79.9. The molecule has 0 bridgehead atoms. The molecule has 1 aromatic heterocycles. The van der Waals surface area contributed by atoms with E-state index in [1.54, 1.807) is 12.1 Å². The van der Waals surface area contributed by atoms with Gasteiger partial charge in [-0.1, -0.05) is 28.1 Å². The second-order valence-electron chi connectivity index (χ2n) is 7.01. The Kier molecular flexibility index (Phi) is 6.34. The first-order valence-corrected chi connectivity index (χ1v) is 10.5. The van der Waals surface area contributed by atoms with Crippen molar-refractivity contribution in [2.24, 2.45) is 0 Å². The molecule has 0 radical (unpaired) electrons. The van der Waals surface area contributed by atoms with Gasteiger partial charge in [-0.05, 0) is 30.3 Å². The fraction of sp³-hybridized carbons (Fsp3) is 0.227. The van der Waals surface area contributed by atoms with Gasteiger partial charge in [0.05, 0.1) is 35.9 Å². The van der Waals surface area contributed by atoms with Crippen LogP contribution in [0.1, 0.15) is 16.1 Å². The molecule has 2 heterocycles. The zero-order valence-electron chi connectivity index (χ0n) is 16.5. The molecule has 160 valence electrons. The Morgan fingerprint density at radius 1 is 1.10 bits per heavy atom. The Labute approximate surface area is 187 Å². The van der Waals surface area contributed by atoms with E-state index < -0.39 is 10.8 Å². The van der Waals surface area contributed by atoms with E-state index in [2.05, 4.69) is 21.2 Å². The Morgan fingerprint density at radius 3 is 2.55 bits per heavy atom. The van der Waals surface area contributed by atoms with E-state index in [0.29, 0.717) is 43.5 Å². The van der Waals surface area contributed by atoms with E-state index in [-0.39, 0.29) is 17.8 Å². The van der Waals surface area contributed by atoms with E-state index in [1.165, 1.54) is 12.1 Å². The molecule has 0 spiro atoms. The third-order valence-electron chi connectivity index (χ3n) is 5.00. The number of hydrogen-bond donors (Lipinski definition) is 1. The minimum Gasteiger partial charge on any atom is -0.459 e. The Balaban J connectivity index is 1.50. The molecule has 1 aliphatic rings. The molecule has 1 aliphatic heterocycles. The van der Waals surface area contributed by atoms with Crippen LogP contribution in [-0.2, 0) is 11.3 Å². The van der Waals surface area contributed by atoms with Crippen molar-refractivity contribution in [1.82, 2.24) is 5.32 Å². The predicted molar refractivity (Wildman–Crippen MR) is 119 cm³/mol. The monoisotopic (exact) mass is 485 g/mol. The van der Waals surface area contributed by atoms with Gasteiger partial charge < -0.3 is 19.4 Å². The van der Waals surface area contributed by atoms with Crippen LogP contribution < -0.4 is 10.2 Å². The smallest absolute Gasteiger partial charge is 0.270 e. The van der Waals surface area contributed by atoms with Crippen LogP contribution in [0.5, 0.6) is 0 Å². The summed E-state index contributed by atoms with van der Waals surface area (Å²) in [6.45, 7) is 2.49. The van der Waals surface area contributed by atoms with Crippen LogP contribution >= 0.6 is 15.9 Å². The molecular formula is C22H20BrN3O5. The molecule has 31 heavy (non-hydrogen) atoms. The SMILES string of the molecule is O=C(NCc1ccc(-c2ccc(Br)cc2)o1)c1cc([N+](=O)[O-])ccc1N1CCOCC1. The number of nitrogens with zero attached hydrogens (tertiary/aromatic N) is 2. The Bertz CT molecular complexity index is 1090. The van der Waals surface area contributed by atoms with Gasteiger partial charge in [-0.15, -0.1) is 0 Å². The van der Waals surface area contributed by atoms with Crippen molar-refractivity contribution in [3.8, 4) is 11.3 Å². The molecule has 1 amide bonds. The summed E-state index contributed by atoms with van der Waals surface area (Å²) < 4.78 is 12.2. The molecule has 0 aliphatic carbocycles. The summed E-state index contributed by atoms with van der Waals surface area (Å²) in [6, 6.07) is 15.7. The summed E-state index contributed by atoms with van der Waals surface area (Å²) in [6.07, 6.45) is 0. The topological polar surface area (TPSA) is 97.8 Å². The molecule has 8 nitrogen and oxygen atoms in total. The summed E-state index contributed by atoms with van der Waals surface area (Å²) in [5.41, 5.74) is 1.71. The summed E-state index contributed by atoms with van der Waals surface area (Å²) in [5.74, 6) is 0.887. The van der Waals surface area contributed by atoms with Gasteiger partial charge in [-0.3, -0.25) is 14.9 Å². The van der Waals surface area contributed by atoms with Gasteiger partial charge in [0.1, 0.15) is 11.5 Å². The average Bonchev–Trinajstić information content (AvgIpc) is 3.27. The van der Waals surface area contributed by atoms with Crippen LogP contribution in [0.2, 0.25) is 0 Å². The maximum atomic E-state index is 12.9. The first kappa shape index (κ1) is 21.1. The predicted octanol–water partition coefficient (Wildman–Crippen LogP) is 4.38. The molecule has 3 aromatic rings. The van der Waals surface area contributed by atoms with Crippen molar-refractivity contribution < 1.29 is 18.9 Å². The fourth-order valence-corrected chi connectivity index (χ4v) is 3.67. The number of halogens is 1. The van der Waals surface area contributed by atoms with Crippen LogP contribution in [0.3, 0.4) is 0 Å². The van der Waals surface area contributed by atoms with Crippen LogP contribution in [0.15, 0.2) is 63.5 Å². The van der Waals surface area contributed by atoms with Gasteiger partial charge in [0.2, 0.25) is 0 Å². The van der Waals surface area contributed by atoms with Gasteiger partial charge in [0.25, 0.3) is 11.6 Å². The number of ether oxygens (including phenoxy) is 1. The highest BCUT2D eigenvalue weighted by Crippen LogP contribution is 2.27. The summed E-state index contributed by atoms with van der Waals surface area (Å²) in [5, 5.41) is 14.0. The number of amides is 1.